The Morgan fingerprint density at radius 3 is 2.62 bits per heavy atom. The van der Waals surface area contributed by atoms with E-state index in [0.29, 0.717) is 27.7 Å². The maximum atomic E-state index is 14.6. The van der Waals surface area contributed by atoms with E-state index in [1.165, 1.54) is 31.6 Å². The first-order valence-corrected chi connectivity index (χ1v) is 11.4. The largest absolute Gasteiger partial charge is 0.479 e. The van der Waals surface area contributed by atoms with Crippen molar-refractivity contribution in [2.45, 2.75) is 17.9 Å². The first-order valence-electron chi connectivity index (χ1n) is 9.48. The SMILES string of the molecule is COc1ncc(CNc2ccc(Cc3c[nH]c4ncc(S(C)(=O)=O)cc34)c(F)n2)cc1F. The van der Waals surface area contributed by atoms with Crippen LogP contribution in [0.1, 0.15) is 16.7 Å². The summed E-state index contributed by atoms with van der Waals surface area (Å²) in [5, 5.41) is 3.53. The fourth-order valence-corrected chi connectivity index (χ4v) is 3.77. The molecule has 0 bridgehead atoms. The first-order chi connectivity index (χ1) is 15.2. The lowest BCUT2D eigenvalue weighted by Gasteiger charge is -2.09. The first kappa shape index (κ1) is 21.6. The second kappa shape index (κ2) is 8.50. The summed E-state index contributed by atoms with van der Waals surface area (Å²) in [5.41, 5.74) is 2.08. The minimum absolute atomic E-state index is 0.0912. The van der Waals surface area contributed by atoms with Gasteiger partial charge in [-0.15, -0.1) is 0 Å². The molecule has 0 saturated carbocycles. The van der Waals surface area contributed by atoms with E-state index < -0.39 is 21.6 Å². The van der Waals surface area contributed by atoms with Gasteiger partial charge in [0.15, 0.2) is 15.7 Å². The quantitative estimate of drug-likeness (QED) is 0.408. The summed E-state index contributed by atoms with van der Waals surface area (Å²) in [6, 6.07) is 6.00. The van der Waals surface area contributed by atoms with Crippen LogP contribution in [0.3, 0.4) is 0 Å². The number of anilines is 1. The average Bonchev–Trinajstić information content (AvgIpc) is 3.15. The van der Waals surface area contributed by atoms with Gasteiger partial charge in [0.2, 0.25) is 11.8 Å². The normalized spacial score (nSPS) is 11.6. The average molecular weight is 459 g/mol. The standard InChI is InChI=1S/C21H19F2N5O3S/c1-31-21-17(22)5-12(9-27-21)8-24-18-4-3-13(19(23)28-18)6-14-10-25-20-16(14)7-15(11-26-20)32(2,29)30/h3-5,7,9-11H,6,8H2,1-2H3,(H,24,28)(H,25,26). The van der Waals surface area contributed by atoms with Gasteiger partial charge < -0.3 is 15.0 Å². The molecule has 4 heterocycles. The summed E-state index contributed by atoms with van der Waals surface area (Å²) in [6.45, 7) is 0.197. The zero-order chi connectivity index (χ0) is 22.9. The summed E-state index contributed by atoms with van der Waals surface area (Å²) in [6.07, 6.45) is 5.70. The van der Waals surface area contributed by atoms with E-state index in [2.05, 4.69) is 25.3 Å². The van der Waals surface area contributed by atoms with Gasteiger partial charge in [-0.3, -0.25) is 0 Å². The highest BCUT2D eigenvalue weighted by atomic mass is 32.2. The van der Waals surface area contributed by atoms with Gasteiger partial charge >= 0.3 is 0 Å². The van der Waals surface area contributed by atoms with Crippen LogP contribution >= 0.6 is 0 Å². The number of nitrogens with zero attached hydrogens (tertiary/aromatic N) is 3. The molecule has 8 nitrogen and oxygen atoms in total. The molecule has 32 heavy (non-hydrogen) atoms. The number of hydrogen-bond donors (Lipinski definition) is 2. The van der Waals surface area contributed by atoms with Crippen LogP contribution in [0.25, 0.3) is 11.0 Å². The van der Waals surface area contributed by atoms with Gasteiger partial charge in [-0.1, -0.05) is 6.07 Å². The molecule has 4 aromatic rings. The molecule has 166 valence electrons. The molecule has 11 heteroatoms. The topological polar surface area (TPSA) is 110 Å². The number of halogens is 2. The zero-order valence-electron chi connectivity index (χ0n) is 17.2. The highest BCUT2D eigenvalue weighted by Gasteiger charge is 2.14. The van der Waals surface area contributed by atoms with Crippen molar-refractivity contribution in [2.24, 2.45) is 0 Å². The predicted molar refractivity (Wildman–Crippen MR) is 114 cm³/mol. The van der Waals surface area contributed by atoms with E-state index >= 15 is 0 Å². The van der Waals surface area contributed by atoms with Crippen molar-refractivity contribution >= 4 is 26.7 Å². The van der Waals surface area contributed by atoms with Gasteiger partial charge in [-0.05, 0) is 29.3 Å². The zero-order valence-corrected chi connectivity index (χ0v) is 18.0. The van der Waals surface area contributed by atoms with Crippen LogP contribution in [0.2, 0.25) is 0 Å². The molecule has 0 amide bonds. The maximum absolute atomic E-state index is 14.6. The van der Waals surface area contributed by atoms with Crippen LogP contribution < -0.4 is 10.1 Å². The molecule has 0 aliphatic heterocycles. The second-order valence-corrected chi connectivity index (χ2v) is 9.18. The van der Waals surface area contributed by atoms with Crippen LogP contribution in [-0.2, 0) is 22.8 Å². The molecule has 0 aromatic carbocycles. The molecule has 0 fully saturated rings. The lowest BCUT2D eigenvalue weighted by atomic mass is 10.1. The van der Waals surface area contributed by atoms with Crippen molar-refractivity contribution in [3.05, 3.63) is 71.3 Å². The van der Waals surface area contributed by atoms with Gasteiger partial charge in [0.25, 0.3) is 0 Å². The third-order valence-electron chi connectivity index (χ3n) is 4.86. The van der Waals surface area contributed by atoms with Crippen LogP contribution in [0, 0.1) is 11.8 Å². The number of aromatic amines is 1. The lowest BCUT2D eigenvalue weighted by Crippen LogP contribution is -2.05. The number of methoxy groups -OCH3 is 1. The summed E-state index contributed by atoms with van der Waals surface area (Å²) >= 11 is 0. The van der Waals surface area contributed by atoms with Crippen molar-refractivity contribution in [3.63, 3.8) is 0 Å². The maximum Gasteiger partial charge on any atom is 0.250 e. The van der Waals surface area contributed by atoms with Crippen LogP contribution in [0.5, 0.6) is 5.88 Å². The Morgan fingerprint density at radius 2 is 1.94 bits per heavy atom. The monoisotopic (exact) mass is 459 g/mol. The van der Waals surface area contributed by atoms with E-state index in [9.17, 15) is 17.2 Å². The van der Waals surface area contributed by atoms with Gasteiger partial charge in [-0.25, -0.2) is 27.8 Å². The molecule has 0 aliphatic carbocycles. The molecular formula is C21H19F2N5O3S. The van der Waals surface area contributed by atoms with Gasteiger partial charge in [0, 0.05) is 48.8 Å². The molecule has 4 aromatic heterocycles. The van der Waals surface area contributed by atoms with Crippen LogP contribution in [-0.4, -0.2) is 41.7 Å². The number of rotatable bonds is 7. The van der Waals surface area contributed by atoms with Gasteiger partial charge in [0.05, 0.1) is 12.0 Å². The fraction of sp³-hybridized carbons (Fsp3) is 0.190. The molecular weight excluding hydrogens is 440 g/mol. The minimum Gasteiger partial charge on any atom is -0.479 e. The number of fused-ring (bicyclic) bond motifs is 1. The fourth-order valence-electron chi connectivity index (χ4n) is 3.19. The van der Waals surface area contributed by atoms with Gasteiger partial charge in [0.1, 0.15) is 11.5 Å². The van der Waals surface area contributed by atoms with E-state index in [-0.39, 0.29) is 29.6 Å². The summed E-state index contributed by atoms with van der Waals surface area (Å²) in [7, 11) is -2.09. The summed E-state index contributed by atoms with van der Waals surface area (Å²) in [4.78, 5) is 15.0. The lowest BCUT2D eigenvalue weighted by molar-refractivity contribution is 0.368. The third kappa shape index (κ3) is 4.52. The highest BCUT2D eigenvalue weighted by molar-refractivity contribution is 7.90. The Bertz CT molecular complexity index is 1410. The van der Waals surface area contributed by atoms with E-state index in [4.69, 9.17) is 4.74 Å². The Labute approximate surface area is 182 Å². The summed E-state index contributed by atoms with van der Waals surface area (Å²) in [5.74, 6) is -1.08. The molecule has 0 atom stereocenters. The molecule has 0 aliphatic rings. The van der Waals surface area contributed by atoms with Crippen molar-refractivity contribution < 1.29 is 21.9 Å². The molecule has 2 N–H and O–H groups in total. The number of H-pyrrole nitrogens is 1. The second-order valence-electron chi connectivity index (χ2n) is 7.16. The Kier molecular flexibility index (Phi) is 5.74. The number of pyridine rings is 3. The number of nitrogens with one attached hydrogen (secondary N) is 2. The Balaban J connectivity index is 1.51. The summed E-state index contributed by atoms with van der Waals surface area (Å²) < 4.78 is 56.8. The Hall–Kier alpha value is -3.60. The van der Waals surface area contributed by atoms with Crippen LogP contribution in [0.4, 0.5) is 14.6 Å². The van der Waals surface area contributed by atoms with Crippen LogP contribution in [0.15, 0.2) is 47.8 Å². The molecule has 0 saturated heterocycles. The smallest absolute Gasteiger partial charge is 0.250 e. The predicted octanol–water partition coefficient (Wildman–Crippen LogP) is 3.25. The van der Waals surface area contributed by atoms with Crippen molar-refractivity contribution in [1.29, 1.82) is 0 Å². The molecule has 0 radical (unpaired) electrons. The third-order valence-corrected chi connectivity index (χ3v) is 5.94. The minimum atomic E-state index is -3.42. The molecule has 0 spiro atoms. The number of sulfone groups is 1. The highest BCUT2D eigenvalue weighted by Crippen LogP contribution is 2.24. The number of hydrogen-bond acceptors (Lipinski definition) is 7. The molecule has 0 unspecified atom stereocenters. The van der Waals surface area contributed by atoms with E-state index in [0.717, 1.165) is 6.26 Å². The molecule has 4 rings (SSSR count). The van der Waals surface area contributed by atoms with Crippen molar-refractivity contribution in [1.82, 2.24) is 19.9 Å². The van der Waals surface area contributed by atoms with E-state index in [1.54, 1.807) is 18.3 Å². The number of ether oxygens (including phenoxy) is 1. The van der Waals surface area contributed by atoms with Gasteiger partial charge in [-0.2, -0.15) is 4.39 Å². The van der Waals surface area contributed by atoms with E-state index in [1.807, 2.05) is 0 Å². The Morgan fingerprint density at radius 1 is 1.12 bits per heavy atom. The number of aromatic nitrogens is 4. The van der Waals surface area contributed by atoms with Crippen molar-refractivity contribution in [3.8, 4) is 5.88 Å². The van der Waals surface area contributed by atoms with Crippen molar-refractivity contribution in [2.75, 3.05) is 18.7 Å².